The standard InChI is InChI=1S/C17H38N2S2/c1-5-7-9-11-17(12-10-8-6-2,20-15(3)13-18)21-16(4)14-19/h15-16H,5-14,18-19H2,1-4H3. The minimum Gasteiger partial charge on any atom is -0.329 e. The molecular formula is C17H38N2S2. The molecule has 4 heteroatoms. The molecule has 21 heavy (non-hydrogen) atoms. The lowest BCUT2D eigenvalue weighted by Gasteiger charge is -2.37. The number of unbranched alkanes of at least 4 members (excludes halogenated alkanes) is 4. The van der Waals surface area contributed by atoms with Crippen LogP contribution in [0.15, 0.2) is 0 Å². The normalized spacial score (nSPS) is 15.1. The van der Waals surface area contributed by atoms with Crippen LogP contribution in [0.3, 0.4) is 0 Å². The van der Waals surface area contributed by atoms with E-state index in [1.54, 1.807) is 0 Å². The number of hydrogen-bond acceptors (Lipinski definition) is 4. The Balaban J connectivity index is 4.86. The maximum atomic E-state index is 5.90. The Labute approximate surface area is 142 Å². The number of hydrogen-bond donors (Lipinski definition) is 2. The summed E-state index contributed by atoms with van der Waals surface area (Å²) in [5, 5.41) is 1.07. The van der Waals surface area contributed by atoms with Crippen molar-refractivity contribution < 1.29 is 0 Å². The van der Waals surface area contributed by atoms with Gasteiger partial charge in [0.1, 0.15) is 0 Å². The first kappa shape index (κ1) is 21.6. The highest BCUT2D eigenvalue weighted by Gasteiger charge is 2.33. The highest BCUT2D eigenvalue weighted by molar-refractivity contribution is 8.18. The van der Waals surface area contributed by atoms with Crippen molar-refractivity contribution in [1.29, 1.82) is 0 Å². The predicted molar refractivity (Wildman–Crippen MR) is 103 cm³/mol. The van der Waals surface area contributed by atoms with Gasteiger partial charge in [0.2, 0.25) is 0 Å². The molecule has 0 saturated heterocycles. The van der Waals surface area contributed by atoms with E-state index >= 15 is 0 Å². The predicted octanol–water partition coefficient (Wildman–Crippen LogP) is 5.00. The van der Waals surface area contributed by atoms with Gasteiger partial charge in [0.15, 0.2) is 0 Å². The molecule has 0 rings (SSSR count). The smallest absolute Gasteiger partial charge is 0.0617 e. The molecule has 0 aromatic heterocycles. The largest absolute Gasteiger partial charge is 0.329 e. The van der Waals surface area contributed by atoms with Crippen molar-refractivity contribution in [2.24, 2.45) is 11.5 Å². The van der Waals surface area contributed by atoms with Gasteiger partial charge in [-0.1, -0.05) is 66.2 Å². The lowest BCUT2D eigenvalue weighted by molar-refractivity contribution is 0.554. The molecule has 0 amide bonds. The topological polar surface area (TPSA) is 52.0 Å². The molecule has 2 atom stereocenters. The first-order valence-electron chi connectivity index (χ1n) is 8.79. The van der Waals surface area contributed by atoms with Gasteiger partial charge in [-0.25, -0.2) is 0 Å². The van der Waals surface area contributed by atoms with Gasteiger partial charge in [-0.3, -0.25) is 0 Å². The molecule has 0 aliphatic rings. The highest BCUT2D eigenvalue weighted by Crippen LogP contribution is 2.49. The van der Waals surface area contributed by atoms with Crippen LogP contribution in [0.5, 0.6) is 0 Å². The van der Waals surface area contributed by atoms with E-state index in [4.69, 9.17) is 11.5 Å². The highest BCUT2D eigenvalue weighted by atomic mass is 32.2. The summed E-state index contributed by atoms with van der Waals surface area (Å²) < 4.78 is 0.321. The van der Waals surface area contributed by atoms with Crippen molar-refractivity contribution in [3.05, 3.63) is 0 Å². The van der Waals surface area contributed by atoms with E-state index in [0.29, 0.717) is 14.6 Å². The molecule has 0 aromatic rings. The lowest BCUT2D eigenvalue weighted by Crippen LogP contribution is -2.30. The molecule has 2 unspecified atom stereocenters. The Morgan fingerprint density at radius 1 is 0.762 bits per heavy atom. The molecule has 0 spiro atoms. The third kappa shape index (κ3) is 10.1. The van der Waals surface area contributed by atoms with Crippen LogP contribution in [0.25, 0.3) is 0 Å². The molecule has 0 fully saturated rings. The van der Waals surface area contributed by atoms with Gasteiger partial charge in [0.05, 0.1) is 4.08 Å². The van der Waals surface area contributed by atoms with Gasteiger partial charge in [-0.15, -0.1) is 23.5 Å². The van der Waals surface area contributed by atoms with Crippen molar-refractivity contribution in [2.45, 2.75) is 93.6 Å². The third-order valence-electron chi connectivity index (χ3n) is 3.82. The van der Waals surface area contributed by atoms with E-state index in [9.17, 15) is 0 Å². The molecular weight excluding hydrogens is 296 g/mol. The summed E-state index contributed by atoms with van der Waals surface area (Å²) >= 11 is 4.24. The SMILES string of the molecule is CCCCCC(CCCCC)(SC(C)CN)SC(C)CN. The second-order valence-electron chi connectivity index (χ2n) is 6.15. The quantitative estimate of drug-likeness (QED) is 0.346. The molecule has 0 aliphatic heterocycles. The number of thioether (sulfide) groups is 2. The summed E-state index contributed by atoms with van der Waals surface area (Å²) in [6, 6.07) is 0. The fraction of sp³-hybridized carbons (Fsp3) is 1.00. The zero-order valence-corrected chi connectivity index (χ0v) is 16.3. The summed E-state index contributed by atoms with van der Waals surface area (Å²) in [7, 11) is 0. The second-order valence-corrected chi connectivity index (χ2v) is 10.1. The molecule has 2 nitrogen and oxygen atoms in total. The zero-order valence-electron chi connectivity index (χ0n) is 14.7. The second kappa shape index (κ2) is 13.1. The van der Waals surface area contributed by atoms with Crippen LogP contribution in [0, 0.1) is 0 Å². The van der Waals surface area contributed by atoms with Gasteiger partial charge >= 0.3 is 0 Å². The van der Waals surface area contributed by atoms with Gasteiger partial charge in [-0.05, 0) is 12.8 Å². The molecule has 0 aromatic carbocycles. The van der Waals surface area contributed by atoms with E-state index in [1.165, 1.54) is 51.4 Å². The summed E-state index contributed by atoms with van der Waals surface area (Å²) in [4.78, 5) is 0. The van der Waals surface area contributed by atoms with Crippen LogP contribution >= 0.6 is 23.5 Å². The summed E-state index contributed by atoms with van der Waals surface area (Å²) in [5.74, 6) is 0. The summed E-state index contributed by atoms with van der Waals surface area (Å²) in [6.07, 6.45) is 10.5. The van der Waals surface area contributed by atoms with Crippen molar-refractivity contribution in [2.75, 3.05) is 13.1 Å². The van der Waals surface area contributed by atoms with Crippen molar-refractivity contribution >= 4 is 23.5 Å². The Kier molecular flexibility index (Phi) is 13.5. The maximum Gasteiger partial charge on any atom is 0.0617 e. The molecule has 4 N–H and O–H groups in total. The van der Waals surface area contributed by atoms with E-state index in [-0.39, 0.29) is 0 Å². The van der Waals surface area contributed by atoms with Crippen LogP contribution in [-0.2, 0) is 0 Å². The Bertz CT molecular complexity index is 213. The van der Waals surface area contributed by atoms with E-state index in [2.05, 4.69) is 51.2 Å². The van der Waals surface area contributed by atoms with Gasteiger partial charge in [-0.2, -0.15) is 0 Å². The van der Waals surface area contributed by atoms with Crippen LogP contribution < -0.4 is 11.5 Å². The number of rotatable bonds is 14. The van der Waals surface area contributed by atoms with Crippen LogP contribution in [0.1, 0.15) is 79.1 Å². The van der Waals surface area contributed by atoms with Crippen LogP contribution in [0.2, 0.25) is 0 Å². The summed E-state index contributed by atoms with van der Waals surface area (Å²) in [5.41, 5.74) is 11.8. The minimum absolute atomic E-state index is 0.321. The van der Waals surface area contributed by atoms with E-state index in [0.717, 1.165) is 13.1 Å². The molecule has 0 aliphatic carbocycles. The van der Waals surface area contributed by atoms with Crippen molar-refractivity contribution in [3.8, 4) is 0 Å². The van der Waals surface area contributed by atoms with Crippen molar-refractivity contribution in [3.63, 3.8) is 0 Å². The Morgan fingerprint density at radius 2 is 1.14 bits per heavy atom. The molecule has 0 bridgehead atoms. The van der Waals surface area contributed by atoms with Crippen LogP contribution in [0.4, 0.5) is 0 Å². The monoisotopic (exact) mass is 334 g/mol. The molecule has 0 heterocycles. The molecule has 0 radical (unpaired) electrons. The Morgan fingerprint density at radius 3 is 1.43 bits per heavy atom. The maximum absolute atomic E-state index is 5.90. The van der Waals surface area contributed by atoms with Gasteiger partial charge < -0.3 is 11.5 Å². The van der Waals surface area contributed by atoms with E-state index < -0.39 is 0 Å². The minimum atomic E-state index is 0.321. The molecule has 128 valence electrons. The van der Waals surface area contributed by atoms with Crippen molar-refractivity contribution in [1.82, 2.24) is 0 Å². The summed E-state index contributed by atoms with van der Waals surface area (Å²) in [6.45, 7) is 10.6. The fourth-order valence-corrected chi connectivity index (χ4v) is 6.42. The average Bonchev–Trinajstić information content (AvgIpc) is 2.47. The first-order chi connectivity index (χ1) is 10.0. The zero-order chi connectivity index (χ0) is 16.1. The van der Waals surface area contributed by atoms with E-state index in [1.807, 2.05) is 0 Å². The third-order valence-corrected chi connectivity index (χ3v) is 7.26. The van der Waals surface area contributed by atoms with Gasteiger partial charge in [0, 0.05) is 23.6 Å². The van der Waals surface area contributed by atoms with Gasteiger partial charge in [0.25, 0.3) is 0 Å². The Hall–Kier alpha value is 0.620. The lowest BCUT2D eigenvalue weighted by atomic mass is 10.1. The first-order valence-corrected chi connectivity index (χ1v) is 10.5. The van der Waals surface area contributed by atoms with Crippen LogP contribution in [-0.4, -0.2) is 27.7 Å². The molecule has 0 saturated carbocycles. The average molecular weight is 335 g/mol. The fourth-order valence-electron chi connectivity index (χ4n) is 2.51. The number of nitrogens with two attached hydrogens (primary N) is 2.